The highest BCUT2D eigenvalue weighted by atomic mass is 79.9. The summed E-state index contributed by atoms with van der Waals surface area (Å²) in [4.78, 5) is 17.0. The van der Waals surface area contributed by atoms with E-state index in [9.17, 15) is 4.57 Å². The highest BCUT2D eigenvalue weighted by Gasteiger charge is 2.29. The number of nitrogens with one attached hydrogen (secondary N) is 2. The summed E-state index contributed by atoms with van der Waals surface area (Å²) in [7, 11) is 3.26. The zero-order chi connectivity index (χ0) is 34.2. The molecular formula is C35H47BrN9O2P. The van der Waals surface area contributed by atoms with Gasteiger partial charge in [-0.2, -0.15) is 10.1 Å². The number of piperazine rings is 1. The first-order chi connectivity index (χ1) is 22.9. The van der Waals surface area contributed by atoms with E-state index in [0.29, 0.717) is 28.0 Å². The Balaban J connectivity index is 1.29. The second kappa shape index (κ2) is 14.2. The molecule has 2 aliphatic rings. The Morgan fingerprint density at radius 1 is 0.958 bits per heavy atom. The zero-order valence-electron chi connectivity index (χ0n) is 29.0. The van der Waals surface area contributed by atoms with Crippen LogP contribution in [-0.2, 0) is 11.6 Å². The van der Waals surface area contributed by atoms with Crippen molar-refractivity contribution in [3.05, 3.63) is 58.5 Å². The van der Waals surface area contributed by atoms with Crippen LogP contribution in [0.15, 0.2) is 47.3 Å². The normalized spacial score (nSPS) is 16.7. The Morgan fingerprint density at radius 3 is 2.33 bits per heavy atom. The molecule has 0 amide bonds. The second-order valence-corrected chi connectivity index (χ2v) is 17.4. The van der Waals surface area contributed by atoms with Crippen LogP contribution in [0.4, 0.5) is 28.8 Å². The van der Waals surface area contributed by atoms with Crippen LogP contribution in [0.3, 0.4) is 0 Å². The van der Waals surface area contributed by atoms with E-state index in [2.05, 4.69) is 70.5 Å². The van der Waals surface area contributed by atoms with Crippen molar-refractivity contribution < 1.29 is 9.30 Å². The van der Waals surface area contributed by atoms with Gasteiger partial charge in [0.2, 0.25) is 5.95 Å². The number of aromatic nitrogens is 4. The number of nitrogens with zero attached hydrogens (tertiary/aromatic N) is 7. The van der Waals surface area contributed by atoms with Gasteiger partial charge in [0.25, 0.3) is 0 Å². The van der Waals surface area contributed by atoms with E-state index in [1.54, 1.807) is 26.6 Å². The molecule has 2 aromatic heterocycles. The van der Waals surface area contributed by atoms with Crippen molar-refractivity contribution in [2.45, 2.75) is 32.7 Å². The molecule has 4 heterocycles. The Hall–Kier alpha value is -3.44. The molecule has 6 rings (SSSR count). The molecule has 2 N–H and O–H groups in total. The maximum Gasteiger partial charge on any atom is 0.229 e. The summed E-state index contributed by atoms with van der Waals surface area (Å²) in [5.41, 5.74) is 6.88. The minimum atomic E-state index is -2.58. The molecule has 0 saturated carbocycles. The van der Waals surface area contributed by atoms with Gasteiger partial charge in [-0.3, -0.25) is 9.58 Å². The number of aryl methyl sites for hydroxylation is 2. The lowest BCUT2D eigenvalue weighted by atomic mass is 9.98. The van der Waals surface area contributed by atoms with Crippen LogP contribution in [-0.4, -0.2) is 102 Å². The fourth-order valence-corrected chi connectivity index (χ4v) is 8.89. The number of likely N-dealkylation sites (N-methyl/N-ethyl adjacent to an activating group) is 1. The van der Waals surface area contributed by atoms with Gasteiger partial charge in [-0.1, -0.05) is 6.07 Å². The molecule has 11 nitrogen and oxygen atoms in total. The highest BCUT2D eigenvalue weighted by Crippen LogP contribution is 2.43. The first kappa shape index (κ1) is 34.4. The van der Waals surface area contributed by atoms with Gasteiger partial charge < -0.3 is 29.7 Å². The van der Waals surface area contributed by atoms with Gasteiger partial charge >= 0.3 is 0 Å². The number of hydrogen-bond acceptors (Lipinski definition) is 10. The van der Waals surface area contributed by atoms with Gasteiger partial charge in [0.15, 0.2) is 0 Å². The van der Waals surface area contributed by atoms with E-state index in [-0.39, 0.29) is 0 Å². The zero-order valence-corrected chi connectivity index (χ0v) is 31.5. The fourth-order valence-electron chi connectivity index (χ4n) is 6.91. The molecule has 13 heteroatoms. The van der Waals surface area contributed by atoms with Crippen molar-refractivity contribution in [1.29, 1.82) is 0 Å². The van der Waals surface area contributed by atoms with E-state index in [1.165, 1.54) is 0 Å². The number of rotatable bonds is 9. The quantitative estimate of drug-likeness (QED) is 0.193. The largest absolute Gasteiger partial charge is 0.494 e. The third-order valence-corrected chi connectivity index (χ3v) is 11.9. The predicted molar refractivity (Wildman–Crippen MR) is 201 cm³/mol. The molecule has 0 atom stereocenters. The average molecular weight is 737 g/mol. The molecule has 0 unspecified atom stereocenters. The van der Waals surface area contributed by atoms with Gasteiger partial charge in [0, 0.05) is 92.9 Å². The molecule has 256 valence electrons. The lowest BCUT2D eigenvalue weighted by molar-refractivity contribution is 0.0982. The summed E-state index contributed by atoms with van der Waals surface area (Å²) in [5, 5.41) is 12.2. The van der Waals surface area contributed by atoms with Crippen LogP contribution < -0.4 is 25.6 Å². The van der Waals surface area contributed by atoms with Gasteiger partial charge in [0.05, 0.1) is 29.2 Å². The monoisotopic (exact) mass is 735 g/mol. The summed E-state index contributed by atoms with van der Waals surface area (Å²) in [6, 6.07) is 8.86. The molecule has 2 saturated heterocycles. The van der Waals surface area contributed by atoms with E-state index < -0.39 is 7.14 Å². The van der Waals surface area contributed by atoms with Crippen LogP contribution in [0.5, 0.6) is 5.75 Å². The van der Waals surface area contributed by atoms with E-state index >= 15 is 0 Å². The minimum Gasteiger partial charge on any atom is -0.494 e. The summed E-state index contributed by atoms with van der Waals surface area (Å²) in [6.07, 6.45) is 7.93. The number of halogens is 1. The fraction of sp³-hybridized carbons (Fsp3) is 0.457. The lowest BCUT2D eigenvalue weighted by Crippen LogP contribution is -2.52. The van der Waals surface area contributed by atoms with Gasteiger partial charge in [-0.05, 0) is 86.3 Å². The maximum atomic E-state index is 13.3. The van der Waals surface area contributed by atoms with E-state index in [1.807, 2.05) is 50.1 Å². The van der Waals surface area contributed by atoms with Crippen LogP contribution in [0, 0.1) is 13.8 Å². The highest BCUT2D eigenvalue weighted by molar-refractivity contribution is 9.10. The molecule has 2 aliphatic heterocycles. The minimum absolute atomic E-state index is 0.401. The smallest absolute Gasteiger partial charge is 0.229 e. The topological polar surface area (TPSA) is 104 Å². The van der Waals surface area contributed by atoms with Crippen LogP contribution in [0.1, 0.15) is 24.0 Å². The molecule has 0 radical (unpaired) electrons. The van der Waals surface area contributed by atoms with Gasteiger partial charge in [-0.25, -0.2) is 4.98 Å². The van der Waals surface area contributed by atoms with Crippen molar-refractivity contribution in [1.82, 2.24) is 29.5 Å². The number of methoxy groups -OCH3 is 1. The number of ether oxygens (including phenoxy) is 1. The Morgan fingerprint density at radius 2 is 1.69 bits per heavy atom. The lowest BCUT2D eigenvalue weighted by Gasteiger charge is -2.43. The Bertz CT molecular complexity index is 1820. The molecule has 0 aliphatic carbocycles. The van der Waals surface area contributed by atoms with Gasteiger partial charge in [0.1, 0.15) is 18.7 Å². The predicted octanol–water partition coefficient (Wildman–Crippen LogP) is 6.22. The summed E-state index contributed by atoms with van der Waals surface area (Å²) in [5.74, 6) is 1.67. The summed E-state index contributed by atoms with van der Waals surface area (Å²) in [6.45, 7) is 14.2. The van der Waals surface area contributed by atoms with Crippen molar-refractivity contribution in [3.63, 3.8) is 0 Å². The molecule has 0 bridgehead atoms. The second-order valence-electron chi connectivity index (χ2n) is 13.4. The molecule has 4 aromatic rings. The van der Waals surface area contributed by atoms with E-state index in [0.717, 1.165) is 96.7 Å². The average Bonchev–Trinajstić information content (AvgIpc) is 3.50. The molecule has 48 heavy (non-hydrogen) atoms. The van der Waals surface area contributed by atoms with Crippen LogP contribution in [0.2, 0.25) is 0 Å². The standard InChI is InChI=1S/C35H47BrN9O2P/c1-23-8-9-29(33(24(23)2)48(6,7)46)39-34-28(36)21-37-35(41-34)40-30-18-27(25-20-38-43(4)22-25)31(19-32(30)47-5)45-12-10-26(11-13-45)44-16-14-42(3)15-17-44/h8-9,18-22,26H,10-17H2,1-7H3,(H2,37,39,40,41). The third kappa shape index (κ3) is 7.42. The van der Waals surface area contributed by atoms with Crippen molar-refractivity contribution >= 4 is 57.2 Å². The number of anilines is 5. The summed E-state index contributed by atoms with van der Waals surface area (Å²) >= 11 is 3.61. The van der Waals surface area contributed by atoms with E-state index in [4.69, 9.17) is 9.72 Å². The first-order valence-corrected chi connectivity index (χ1v) is 19.9. The van der Waals surface area contributed by atoms with Crippen molar-refractivity contribution in [3.8, 4) is 16.9 Å². The SMILES string of the molecule is COc1cc(N2CCC(N3CCN(C)CC3)CC2)c(-c2cnn(C)c2)cc1Nc1ncc(Br)c(Nc2ccc(C)c(C)c2P(C)(C)=O)n1. The number of benzene rings is 2. The first-order valence-electron chi connectivity index (χ1n) is 16.5. The Kier molecular flexibility index (Phi) is 10.2. The molecule has 2 aromatic carbocycles. The molecule has 2 fully saturated rings. The number of hydrogen-bond donors (Lipinski definition) is 2. The van der Waals surface area contributed by atoms with Crippen molar-refractivity contribution in [2.75, 3.05) is 82.3 Å². The van der Waals surface area contributed by atoms with Crippen LogP contribution >= 0.6 is 23.1 Å². The maximum absolute atomic E-state index is 13.3. The van der Waals surface area contributed by atoms with Gasteiger partial charge in [-0.15, -0.1) is 0 Å². The third-order valence-electron chi connectivity index (χ3n) is 9.68. The van der Waals surface area contributed by atoms with Crippen LogP contribution in [0.25, 0.3) is 11.1 Å². The number of piperidine rings is 1. The molecular weight excluding hydrogens is 689 g/mol. The molecule has 0 spiro atoms. The Labute approximate surface area is 292 Å². The van der Waals surface area contributed by atoms with Crippen molar-refractivity contribution in [2.24, 2.45) is 7.05 Å². The summed E-state index contributed by atoms with van der Waals surface area (Å²) < 4.78 is 21.8.